The van der Waals surface area contributed by atoms with Crippen LogP contribution in [0.3, 0.4) is 0 Å². The van der Waals surface area contributed by atoms with E-state index >= 15 is 0 Å². The topological polar surface area (TPSA) is 84.8 Å². The highest BCUT2D eigenvalue weighted by atomic mass is 32.2. The van der Waals surface area contributed by atoms with Gasteiger partial charge in [-0.05, 0) is 54.4 Å². The maximum atomic E-state index is 12.3. The van der Waals surface area contributed by atoms with Crippen molar-refractivity contribution in [3.63, 3.8) is 0 Å². The van der Waals surface area contributed by atoms with Crippen molar-refractivity contribution < 1.29 is 17.4 Å². The number of carbonyl (C=O) groups excluding carboxylic acids is 1. The molecule has 0 bridgehead atoms. The van der Waals surface area contributed by atoms with Gasteiger partial charge in [0.05, 0.1) is 12.6 Å². The summed E-state index contributed by atoms with van der Waals surface area (Å²) >= 11 is 0. The second-order valence-corrected chi connectivity index (χ2v) is 7.92. The third-order valence-electron chi connectivity index (χ3n) is 4.01. The summed E-state index contributed by atoms with van der Waals surface area (Å²) in [5.74, 6) is -0.0348. The van der Waals surface area contributed by atoms with E-state index < -0.39 is 10.1 Å². The Morgan fingerprint density at radius 1 is 0.966 bits per heavy atom. The van der Waals surface area contributed by atoms with Gasteiger partial charge in [-0.25, -0.2) is 5.43 Å². The number of rotatable bonds is 7. The Labute approximate surface area is 170 Å². The fourth-order valence-electron chi connectivity index (χ4n) is 2.49. The molecule has 0 aliphatic carbocycles. The standard InChI is InChI=1S/C22H20N2O4S/c1-17-7-13-21(14-8-17)29(26,27)28-20-11-9-19(10-12-20)16-23-24-22(25)15-18-5-3-2-4-6-18/h2-14,16H,15H2,1H3,(H,24,25). The molecule has 148 valence electrons. The summed E-state index contributed by atoms with van der Waals surface area (Å²) in [6.45, 7) is 1.88. The summed E-state index contributed by atoms with van der Waals surface area (Å²) in [5, 5.41) is 3.91. The third-order valence-corrected chi connectivity index (χ3v) is 5.27. The number of carbonyl (C=O) groups is 1. The molecule has 3 aromatic carbocycles. The van der Waals surface area contributed by atoms with Gasteiger partial charge in [0.1, 0.15) is 10.6 Å². The van der Waals surface area contributed by atoms with Crippen LogP contribution in [0.5, 0.6) is 5.75 Å². The van der Waals surface area contributed by atoms with E-state index in [2.05, 4.69) is 10.5 Å². The Bertz CT molecular complexity index is 1090. The number of nitrogens with zero attached hydrogens (tertiary/aromatic N) is 1. The van der Waals surface area contributed by atoms with Crippen LogP contribution in [0.15, 0.2) is 88.9 Å². The van der Waals surface area contributed by atoms with Gasteiger partial charge in [0.15, 0.2) is 0 Å². The molecule has 1 N–H and O–H groups in total. The first-order valence-electron chi connectivity index (χ1n) is 8.89. The zero-order valence-electron chi connectivity index (χ0n) is 15.8. The number of aryl methyl sites for hydroxylation is 1. The van der Waals surface area contributed by atoms with Gasteiger partial charge in [0.2, 0.25) is 5.91 Å². The minimum absolute atomic E-state index is 0.0925. The molecule has 3 aromatic rings. The fraction of sp³-hybridized carbons (Fsp3) is 0.0909. The number of hydrogen-bond acceptors (Lipinski definition) is 5. The molecule has 0 aliphatic rings. The van der Waals surface area contributed by atoms with Gasteiger partial charge in [0.25, 0.3) is 0 Å². The average molecular weight is 408 g/mol. The van der Waals surface area contributed by atoms with Gasteiger partial charge in [-0.3, -0.25) is 4.79 Å². The Morgan fingerprint density at radius 3 is 2.28 bits per heavy atom. The summed E-state index contributed by atoms with van der Waals surface area (Å²) in [5.41, 5.74) is 5.01. The molecule has 3 rings (SSSR count). The minimum Gasteiger partial charge on any atom is -0.379 e. The van der Waals surface area contributed by atoms with E-state index in [4.69, 9.17) is 4.18 Å². The molecule has 0 aromatic heterocycles. The van der Waals surface area contributed by atoms with Crippen molar-refractivity contribution >= 4 is 22.2 Å². The average Bonchev–Trinajstić information content (AvgIpc) is 2.70. The number of benzene rings is 3. The lowest BCUT2D eigenvalue weighted by atomic mass is 10.1. The highest BCUT2D eigenvalue weighted by Crippen LogP contribution is 2.19. The van der Waals surface area contributed by atoms with Gasteiger partial charge < -0.3 is 4.18 Å². The normalized spacial score (nSPS) is 11.3. The molecule has 0 spiro atoms. The summed E-state index contributed by atoms with van der Waals surface area (Å²) < 4.78 is 29.7. The van der Waals surface area contributed by atoms with Crippen molar-refractivity contribution in [2.45, 2.75) is 18.2 Å². The van der Waals surface area contributed by atoms with Gasteiger partial charge in [-0.2, -0.15) is 13.5 Å². The van der Waals surface area contributed by atoms with Gasteiger partial charge in [0, 0.05) is 0 Å². The van der Waals surface area contributed by atoms with E-state index in [1.165, 1.54) is 30.5 Å². The monoisotopic (exact) mass is 408 g/mol. The van der Waals surface area contributed by atoms with Crippen LogP contribution < -0.4 is 9.61 Å². The molecule has 0 radical (unpaired) electrons. The molecule has 29 heavy (non-hydrogen) atoms. The van der Waals surface area contributed by atoms with Gasteiger partial charge >= 0.3 is 10.1 Å². The summed E-state index contributed by atoms with van der Waals surface area (Å²) in [6.07, 6.45) is 1.71. The SMILES string of the molecule is Cc1ccc(S(=O)(=O)Oc2ccc(C=NNC(=O)Cc3ccccc3)cc2)cc1. The highest BCUT2D eigenvalue weighted by Gasteiger charge is 2.16. The molecule has 0 atom stereocenters. The van der Waals surface area contributed by atoms with Crippen molar-refractivity contribution in [3.05, 3.63) is 95.6 Å². The van der Waals surface area contributed by atoms with E-state index in [9.17, 15) is 13.2 Å². The second-order valence-electron chi connectivity index (χ2n) is 6.38. The van der Waals surface area contributed by atoms with Crippen LogP contribution in [-0.4, -0.2) is 20.5 Å². The molecule has 0 heterocycles. The van der Waals surface area contributed by atoms with E-state index in [1.807, 2.05) is 37.3 Å². The first-order valence-corrected chi connectivity index (χ1v) is 10.3. The van der Waals surface area contributed by atoms with E-state index in [0.717, 1.165) is 11.1 Å². The molecule has 0 saturated heterocycles. The highest BCUT2D eigenvalue weighted by molar-refractivity contribution is 7.87. The lowest BCUT2D eigenvalue weighted by Crippen LogP contribution is -2.19. The fourth-order valence-corrected chi connectivity index (χ4v) is 3.42. The molecular weight excluding hydrogens is 388 g/mol. The summed E-state index contributed by atoms with van der Waals surface area (Å²) in [7, 11) is -3.89. The Morgan fingerprint density at radius 2 is 1.62 bits per heavy atom. The maximum Gasteiger partial charge on any atom is 0.339 e. The number of hydrazone groups is 1. The number of nitrogens with one attached hydrogen (secondary N) is 1. The van der Waals surface area contributed by atoms with Crippen LogP contribution in [-0.2, 0) is 21.3 Å². The van der Waals surface area contributed by atoms with E-state index in [-0.39, 0.29) is 23.0 Å². The van der Waals surface area contributed by atoms with Crippen molar-refractivity contribution in [3.8, 4) is 5.75 Å². The van der Waals surface area contributed by atoms with Crippen LogP contribution in [0, 0.1) is 6.92 Å². The Kier molecular flexibility index (Phi) is 6.41. The summed E-state index contributed by atoms with van der Waals surface area (Å²) in [4.78, 5) is 12.0. The zero-order valence-corrected chi connectivity index (χ0v) is 16.6. The molecule has 1 amide bonds. The van der Waals surface area contributed by atoms with Crippen LogP contribution in [0.25, 0.3) is 0 Å². The Balaban J connectivity index is 1.56. The lowest BCUT2D eigenvalue weighted by molar-refractivity contribution is -0.120. The predicted molar refractivity (Wildman–Crippen MR) is 111 cm³/mol. The van der Waals surface area contributed by atoms with E-state index in [0.29, 0.717) is 5.56 Å². The molecule has 0 unspecified atom stereocenters. The first-order chi connectivity index (χ1) is 13.9. The Hall–Kier alpha value is -3.45. The van der Waals surface area contributed by atoms with Crippen molar-refractivity contribution in [2.75, 3.05) is 0 Å². The molecule has 0 fully saturated rings. The quantitative estimate of drug-likeness (QED) is 0.369. The largest absolute Gasteiger partial charge is 0.379 e. The van der Waals surface area contributed by atoms with Crippen molar-refractivity contribution in [1.29, 1.82) is 0 Å². The van der Waals surface area contributed by atoms with Crippen LogP contribution in [0.1, 0.15) is 16.7 Å². The lowest BCUT2D eigenvalue weighted by Gasteiger charge is -2.07. The van der Waals surface area contributed by atoms with Gasteiger partial charge in [-0.15, -0.1) is 0 Å². The minimum atomic E-state index is -3.89. The molecule has 0 aliphatic heterocycles. The van der Waals surface area contributed by atoms with Crippen molar-refractivity contribution in [1.82, 2.24) is 5.43 Å². The van der Waals surface area contributed by atoms with Crippen LogP contribution in [0.2, 0.25) is 0 Å². The third kappa shape index (κ3) is 6.02. The zero-order chi connectivity index (χ0) is 20.7. The van der Waals surface area contributed by atoms with E-state index in [1.54, 1.807) is 24.3 Å². The predicted octanol–water partition coefficient (Wildman–Crippen LogP) is 3.46. The van der Waals surface area contributed by atoms with Crippen molar-refractivity contribution in [2.24, 2.45) is 5.10 Å². The molecular formula is C22H20N2O4S. The first kappa shape index (κ1) is 20.3. The smallest absolute Gasteiger partial charge is 0.339 e. The maximum absolute atomic E-state index is 12.3. The van der Waals surface area contributed by atoms with Crippen LogP contribution in [0.4, 0.5) is 0 Å². The molecule has 0 saturated carbocycles. The summed E-state index contributed by atoms with van der Waals surface area (Å²) in [6, 6.07) is 22.1. The van der Waals surface area contributed by atoms with Gasteiger partial charge in [-0.1, -0.05) is 48.0 Å². The second kappa shape index (κ2) is 9.16. The number of amides is 1. The van der Waals surface area contributed by atoms with Crippen LogP contribution >= 0.6 is 0 Å². The molecule has 6 nitrogen and oxygen atoms in total. The molecule has 7 heteroatoms. The number of hydrogen-bond donors (Lipinski definition) is 1.